The van der Waals surface area contributed by atoms with E-state index in [-0.39, 0.29) is 23.8 Å². The molecule has 2 aromatic heterocycles. The molecule has 1 atom stereocenters. The van der Waals surface area contributed by atoms with Crippen molar-refractivity contribution in [3.8, 4) is 23.5 Å². The van der Waals surface area contributed by atoms with E-state index in [0.29, 0.717) is 17.4 Å². The number of halogens is 1. The Hall–Kier alpha value is -3.78. The van der Waals surface area contributed by atoms with Gasteiger partial charge in [0.15, 0.2) is 0 Å². The molecule has 0 bridgehead atoms. The van der Waals surface area contributed by atoms with Crippen LogP contribution in [0, 0.1) is 0 Å². The maximum atomic E-state index is 10.1. The van der Waals surface area contributed by atoms with Gasteiger partial charge in [0.2, 0.25) is 11.8 Å². The van der Waals surface area contributed by atoms with Crippen LogP contribution in [0.1, 0.15) is 23.6 Å². The van der Waals surface area contributed by atoms with Crippen molar-refractivity contribution in [3.05, 3.63) is 76.8 Å². The molecule has 3 heterocycles. The van der Waals surface area contributed by atoms with Gasteiger partial charge >= 0.3 is 0 Å². The lowest BCUT2D eigenvalue weighted by Crippen LogP contribution is -2.22. The van der Waals surface area contributed by atoms with Gasteiger partial charge in [-0.3, -0.25) is 0 Å². The molecule has 0 fully saturated rings. The van der Waals surface area contributed by atoms with Crippen molar-refractivity contribution in [3.63, 3.8) is 0 Å². The lowest BCUT2D eigenvalue weighted by molar-refractivity contribution is 0.392. The summed E-state index contributed by atoms with van der Waals surface area (Å²) in [5.41, 5.74) is 2.66. The zero-order valence-corrected chi connectivity index (χ0v) is 17.2. The number of aromatic nitrogens is 4. The monoisotopic (exact) mass is 435 g/mol. The highest BCUT2D eigenvalue weighted by molar-refractivity contribution is 6.30. The molecule has 0 aliphatic carbocycles. The number of aliphatic imine (C=N–C) groups is 1. The van der Waals surface area contributed by atoms with Crippen LogP contribution in [-0.4, -0.2) is 42.4 Å². The van der Waals surface area contributed by atoms with Gasteiger partial charge in [0.05, 0.1) is 18.9 Å². The second-order valence-corrected chi connectivity index (χ2v) is 7.51. The van der Waals surface area contributed by atoms with Crippen molar-refractivity contribution in [1.82, 2.24) is 19.3 Å². The van der Waals surface area contributed by atoms with Gasteiger partial charge < -0.3 is 14.9 Å². The Kier molecular flexibility index (Phi) is 4.63. The van der Waals surface area contributed by atoms with Crippen molar-refractivity contribution in [2.24, 2.45) is 4.99 Å². The topological polar surface area (TPSA) is 97.7 Å². The maximum Gasteiger partial charge on any atom is 0.260 e. The lowest BCUT2D eigenvalue weighted by Gasteiger charge is -2.25. The largest absolute Gasteiger partial charge is 0.496 e. The number of fused-ring (bicyclic) bond motifs is 1. The lowest BCUT2D eigenvalue weighted by atomic mass is 9.95. The van der Waals surface area contributed by atoms with Gasteiger partial charge in [-0.25, -0.2) is 14.2 Å². The van der Waals surface area contributed by atoms with Crippen molar-refractivity contribution >= 4 is 23.3 Å². The van der Waals surface area contributed by atoms with E-state index >= 15 is 0 Å². The van der Waals surface area contributed by atoms with Crippen LogP contribution in [0.15, 0.2) is 65.7 Å². The Balaban J connectivity index is 1.69. The number of hydrogen-bond acceptors (Lipinski definition) is 6. The zero-order chi connectivity index (χ0) is 21.5. The molecule has 8 nitrogen and oxygen atoms in total. The molecule has 9 heteroatoms. The van der Waals surface area contributed by atoms with Crippen LogP contribution in [0.4, 0.5) is 5.95 Å². The fourth-order valence-corrected chi connectivity index (χ4v) is 3.87. The standard InChI is InChI=1S/C22H18ClN5O3/c1-31-18-5-3-2-4-15(18)17-12-16(13-6-8-14(23)9-7-13)24-21-25-22(26-28(17)21)27-19(29)10-11-20(27)30/h2-11,17,29-30H,12H2,1H3. The third-order valence-electron chi connectivity index (χ3n) is 5.23. The SMILES string of the molecule is COc1ccccc1C1CC(c2ccc(Cl)cc2)=Nc2nc(-n3c(O)ccc3O)nn21. The Morgan fingerprint density at radius 1 is 1.00 bits per heavy atom. The van der Waals surface area contributed by atoms with Crippen molar-refractivity contribution < 1.29 is 14.9 Å². The molecule has 0 spiro atoms. The molecule has 1 unspecified atom stereocenters. The minimum atomic E-state index is -0.254. The normalized spacial score (nSPS) is 15.4. The number of aromatic hydroxyl groups is 2. The predicted octanol–water partition coefficient (Wildman–Crippen LogP) is 4.26. The first-order valence-corrected chi connectivity index (χ1v) is 9.96. The smallest absolute Gasteiger partial charge is 0.260 e. The first kappa shape index (κ1) is 19.2. The number of para-hydroxylation sites is 1. The predicted molar refractivity (Wildman–Crippen MR) is 116 cm³/mol. The van der Waals surface area contributed by atoms with E-state index in [9.17, 15) is 10.2 Å². The van der Waals surface area contributed by atoms with E-state index in [0.717, 1.165) is 27.2 Å². The number of rotatable bonds is 4. The summed E-state index contributed by atoms with van der Waals surface area (Å²) in [7, 11) is 1.62. The summed E-state index contributed by atoms with van der Waals surface area (Å²) in [5.74, 6) is 0.859. The van der Waals surface area contributed by atoms with E-state index in [1.165, 1.54) is 12.1 Å². The summed E-state index contributed by atoms with van der Waals surface area (Å²) in [6.07, 6.45) is 0.543. The molecule has 0 amide bonds. The number of ether oxygens (including phenoxy) is 1. The maximum absolute atomic E-state index is 10.1. The first-order chi connectivity index (χ1) is 15.0. The fourth-order valence-electron chi connectivity index (χ4n) is 3.75. The highest BCUT2D eigenvalue weighted by Gasteiger charge is 2.30. The molecule has 5 rings (SSSR count). The first-order valence-electron chi connectivity index (χ1n) is 9.58. The number of methoxy groups -OCH3 is 1. The van der Waals surface area contributed by atoms with E-state index in [2.05, 4.69) is 10.1 Å². The van der Waals surface area contributed by atoms with Crippen molar-refractivity contribution in [2.75, 3.05) is 7.11 Å². The molecule has 31 heavy (non-hydrogen) atoms. The van der Waals surface area contributed by atoms with Crippen LogP contribution in [0.3, 0.4) is 0 Å². The van der Waals surface area contributed by atoms with Gasteiger partial charge in [-0.2, -0.15) is 4.98 Å². The van der Waals surface area contributed by atoms with Crippen LogP contribution >= 0.6 is 11.6 Å². The molecule has 1 aliphatic rings. The van der Waals surface area contributed by atoms with Crippen LogP contribution < -0.4 is 4.74 Å². The zero-order valence-electron chi connectivity index (χ0n) is 16.5. The van der Waals surface area contributed by atoms with Crippen molar-refractivity contribution in [1.29, 1.82) is 0 Å². The molecule has 156 valence electrons. The second kappa shape index (κ2) is 7.48. The van der Waals surface area contributed by atoms with Crippen LogP contribution in [0.25, 0.3) is 5.95 Å². The number of hydrogen-bond donors (Lipinski definition) is 2. The molecule has 4 aromatic rings. The molecular weight excluding hydrogens is 418 g/mol. The molecule has 2 N–H and O–H groups in total. The molecule has 2 aromatic carbocycles. The summed E-state index contributed by atoms with van der Waals surface area (Å²) in [5, 5.41) is 25.4. The van der Waals surface area contributed by atoms with Gasteiger partial charge in [0.25, 0.3) is 11.9 Å². The molecule has 0 saturated carbocycles. The Morgan fingerprint density at radius 3 is 2.42 bits per heavy atom. The van der Waals surface area contributed by atoms with E-state index in [4.69, 9.17) is 21.3 Å². The highest BCUT2D eigenvalue weighted by Crippen LogP contribution is 2.38. The fraction of sp³-hybridized carbons (Fsp3) is 0.136. The average molecular weight is 436 g/mol. The number of benzene rings is 2. The van der Waals surface area contributed by atoms with Gasteiger partial charge in [-0.15, -0.1) is 5.10 Å². The third kappa shape index (κ3) is 3.30. The summed E-state index contributed by atoms with van der Waals surface area (Å²) in [6.45, 7) is 0. The van der Waals surface area contributed by atoms with Crippen LogP contribution in [-0.2, 0) is 0 Å². The van der Waals surface area contributed by atoms with Gasteiger partial charge in [-0.05, 0) is 23.8 Å². The Morgan fingerprint density at radius 2 is 1.71 bits per heavy atom. The Bertz CT molecular complexity index is 1270. The van der Waals surface area contributed by atoms with Crippen molar-refractivity contribution in [2.45, 2.75) is 12.5 Å². The molecular formula is C22H18ClN5O3. The minimum Gasteiger partial charge on any atom is -0.496 e. The summed E-state index contributed by atoms with van der Waals surface area (Å²) in [6, 6.07) is 17.7. The molecule has 1 aliphatic heterocycles. The number of nitrogens with zero attached hydrogens (tertiary/aromatic N) is 5. The van der Waals surface area contributed by atoms with E-state index in [1.54, 1.807) is 11.8 Å². The minimum absolute atomic E-state index is 0.121. The summed E-state index contributed by atoms with van der Waals surface area (Å²) < 4.78 is 8.42. The molecule has 0 radical (unpaired) electrons. The quantitative estimate of drug-likeness (QED) is 0.499. The van der Waals surface area contributed by atoms with Crippen LogP contribution in [0.5, 0.6) is 17.5 Å². The average Bonchev–Trinajstić information content (AvgIpc) is 3.35. The third-order valence-corrected chi connectivity index (χ3v) is 5.49. The summed E-state index contributed by atoms with van der Waals surface area (Å²) in [4.78, 5) is 9.19. The van der Waals surface area contributed by atoms with Gasteiger partial charge in [0, 0.05) is 29.1 Å². The summed E-state index contributed by atoms with van der Waals surface area (Å²) >= 11 is 6.05. The van der Waals surface area contributed by atoms with Gasteiger partial charge in [-0.1, -0.05) is 41.9 Å². The molecule has 0 saturated heterocycles. The Labute approximate surface area is 182 Å². The van der Waals surface area contributed by atoms with Crippen LogP contribution in [0.2, 0.25) is 5.02 Å². The van der Waals surface area contributed by atoms with Gasteiger partial charge in [0.1, 0.15) is 5.75 Å². The van der Waals surface area contributed by atoms with E-state index in [1.807, 2.05) is 48.5 Å². The van der Waals surface area contributed by atoms with E-state index < -0.39 is 0 Å². The highest BCUT2D eigenvalue weighted by atomic mass is 35.5. The second-order valence-electron chi connectivity index (χ2n) is 7.07.